The second kappa shape index (κ2) is 10.0. The van der Waals surface area contributed by atoms with Gasteiger partial charge in [-0.15, -0.1) is 0 Å². The Hall–Kier alpha value is -1.85. The summed E-state index contributed by atoms with van der Waals surface area (Å²) in [6, 6.07) is 1.57. The van der Waals surface area contributed by atoms with Crippen LogP contribution in [-0.4, -0.2) is 35.0 Å². The predicted octanol–water partition coefficient (Wildman–Crippen LogP) is 3.31. The molecule has 0 aromatic carbocycles. The van der Waals surface area contributed by atoms with Gasteiger partial charge in [-0.2, -0.15) is 0 Å². The van der Waals surface area contributed by atoms with Crippen molar-refractivity contribution in [3.05, 3.63) is 12.3 Å². The molecule has 0 saturated heterocycles. The number of aromatic nitrogens is 1. The van der Waals surface area contributed by atoms with Crippen molar-refractivity contribution in [3.8, 4) is 0 Å². The molecule has 1 atom stereocenters. The highest BCUT2D eigenvalue weighted by Gasteiger charge is 2.25. The van der Waals surface area contributed by atoms with Gasteiger partial charge in [0.2, 0.25) is 11.8 Å². The lowest BCUT2D eigenvalue weighted by Gasteiger charge is -2.28. The van der Waals surface area contributed by atoms with Crippen LogP contribution in [0.4, 0.5) is 5.82 Å². The molecule has 1 aromatic rings. The fraction of sp³-hybridized carbons (Fsp3) is 0.706. The number of carbonyl (C=O) groups excluding carboxylic acids is 2. The van der Waals surface area contributed by atoms with Gasteiger partial charge in [0.05, 0.1) is 6.54 Å². The van der Waals surface area contributed by atoms with E-state index in [0.717, 1.165) is 25.7 Å². The zero-order valence-corrected chi connectivity index (χ0v) is 14.7. The minimum absolute atomic E-state index is 0.00597. The maximum Gasteiger partial charge on any atom is 0.245 e. The lowest BCUT2D eigenvalue weighted by molar-refractivity contribution is -0.139. The van der Waals surface area contributed by atoms with Crippen LogP contribution in [0.5, 0.6) is 0 Å². The van der Waals surface area contributed by atoms with Crippen molar-refractivity contribution in [2.24, 2.45) is 11.8 Å². The number of unbranched alkanes of at least 4 members (excludes halogenated alkanes) is 1. The number of nitrogens with zero attached hydrogens (tertiary/aromatic N) is 2. The molecule has 130 valence electrons. The number of hydrogen-bond donors (Lipinski definition) is 1. The Bertz CT molecular complexity index is 471. The molecule has 6 nitrogen and oxygen atoms in total. The lowest BCUT2D eigenvalue weighted by atomic mass is 9.97. The van der Waals surface area contributed by atoms with E-state index in [1.807, 2.05) is 20.8 Å². The van der Waals surface area contributed by atoms with Crippen LogP contribution in [-0.2, 0) is 9.59 Å². The number of hydrogen-bond acceptors (Lipinski definition) is 4. The van der Waals surface area contributed by atoms with Gasteiger partial charge in [-0.05, 0) is 18.8 Å². The SMILES string of the molecule is CCCCC(CC)C(=O)N(CC(=O)Nc1ccon1)CC(C)C. The Morgan fingerprint density at radius 2 is 2.09 bits per heavy atom. The number of amides is 2. The van der Waals surface area contributed by atoms with Gasteiger partial charge in [-0.3, -0.25) is 9.59 Å². The molecule has 0 fully saturated rings. The molecule has 23 heavy (non-hydrogen) atoms. The number of nitrogens with one attached hydrogen (secondary N) is 1. The predicted molar refractivity (Wildman–Crippen MR) is 89.9 cm³/mol. The van der Waals surface area contributed by atoms with E-state index < -0.39 is 0 Å². The van der Waals surface area contributed by atoms with E-state index in [1.54, 1.807) is 11.0 Å². The number of carbonyl (C=O) groups is 2. The Labute approximate surface area is 138 Å². The zero-order valence-electron chi connectivity index (χ0n) is 14.7. The topological polar surface area (TPSA) is 75.4 Å². The van der Waals surface area contributed by atoms with Gasteiger partial charge in [-0.25, -0.2) is 0 Å². The lowest BCUT2D eigenvalue weighted by Crippen LogP contribution is -2.43. The first-order valence-electron chi connectivity index (χ1n) is 8.46. The summed E-state index contributed by atoms with van der Waals surface area (Å²) in [4.78, 5) is 26.6. The van der Waals surface area contributed by atoms with Crippen LogP contribution in [0.1, 0.15) is 53.4 Å². The van der Waals surface area contributed by atoms with Crippen LogP contribution >= 0.6 is 0 Å². The molecular formula is C17H29N3O3. The molecule has 0 saturated carbocycles. The van der Waals surface area contributed by atoms with E-state index in [4.69, 9.17) is 0 Å². The van der Waals surface area contributed by atoms with E-state index in [2.05, 4.69) is 21.9 Å². The Morgan fingerprint density at radius 1 is 1.35 bits per heavy atom. The molecule has 1 heterocycles. The third-order valence-electron chi connectivity index (χ3n) is 3.69. The van der Waals surface area contributed by atoms with Crippen molar-refractivity contribution in [1.82, 2.24) is 10.1 Å². The van der Waals surface area contributed by atoms with Gasteiger partial charge in [0.15, 0.2) is 5.82 Å². The van der Waals surface area contributed by atoms with E-state index in [-0.39, 0.29) is 24.3 Å². The second-order valence-electron chi connectivity index (χ2n) is 6.29. The molecular weight excluding hydrogens is 294 g/mol. The highest BCUT2D eigenvalue weighted by atomic mass is 16.5. The summed E-state index contributed by atoms with van der Waals surface area (Å²) in [5, 5.41) is 6.29. The molecule has 1 N–H and O–H groups in total. The van der Waals surface area contributed by atoms with Gasteiger partial charge in [0.25, 0.3) is 0 Å². The van der Waals surface area contributed by atoms with Crippen molar-refractivity contribution < 1.29 is 14.1 Å². The van der Waals surface area contributed by atoms with Crippen molar-refractivity contribution in [2.45, 2.75) is 53.4 Å². The van der Waals surface area contributed by atoms with Gasteiger partial charge in [0, 0.05) is 18.5 Å². The summed E-state index contributed by atoms with van der Waals surface area (Å²) in [5.74, 6) is 0.490. The summed E-state index contributed by atoms with van der Waals surface area (Å²) in [6.07, 6.45) is 5.18. The monoisotopic (exact) mass is 323 g/mol. The fourth-order valence-corrected chi connectivity index (χ4v) is 2.52. The number of rotatable bonds is 10. The van der Waals surface area contributed by atoms with E-state index in [9.17, 15) is 9.59 Å². The van der Waals surface area contributed by atoms with Crippen LogP contribution in [0.3, 0.4) is 0 Å². The highest BCUT2D eigenvalue weighted by Crippen LogP contribution is 2.17. The van der Waals surface area contributed by atoms with Crippen molar-refractivity contribution in [3.63, 3.8) is 0 Å². The molecule has 0 aliphatic rings. The largest absolute Gasteiger partial charge is 0.363 e. The Balaban J connectivity index is 2.69. The molecule has 0 bridgehead atoms. The van der Waals surface area contributed by atoms with Crippen LogP contribution in [0.2, 0.25) is 0 Å². The van der Waals surface area contributed by atoms with Crippen molar-refractivity contribution in [2.75, 3.05) is 18.4 Å². The normalized spacial score (nSPS) is 12.2. The molecule has 1 aromatic heterocycles. The van der Waals surface area contributed by atoms with E-state index in [0.29, 0.717) is 18.3 Å². The van der Waals surface area contributed by atoms with Gasteiger partial charge >= 0.3 is 0 Å². The number of anilines is 1. The van der Waals surface area contributed by atoms with Gasteiger partial charge in [0.1, 0.15) is 6.26 Å². The van der Waals surface area contributed by atoms with Crippen molar-refractivity contribution in [1.29, 1.82) is 0 Å². The molecule has 0 spiro atoms. The van der Waals surface area contributed by atoms with Gasteiger partial charge < -0.3 is 14.7 Å². The summed E-state index contributed by atoms with van der Waals surface area (Å²) >= 11 is 0. The third-order valence-corrected chi connectivity index (χ3v) is 3.69. The highest BCUT2D eigenvalue weighted by molar-refractivity contribution is 5.94. The average molecular weight is 323 g/mol. The van der Waals surface area contributed by atoms with Crippen LogP contribution < -0.4 is 5.32 Å². The van der Waals surface area contributed by atoms with Crippen molar-refractivity contribution >= 4 is 17.6 Å². The smallest absolute Gasteiger partial charge is 0.245 e. The molecule has 1 unspecified atom stereocenters. The third kappa shape index (κ3) is 6.84. The fourth-order valence-electron chi connectivity index (χ4n) is 2.52. The average Bonchev–Trinajstić information content (AvgIpc) is 2.99. The molecule has 2 amide bonds. The summed E-state index contributed by atoms with van der Waals surface area (Å²) in [6.45, 7) is 8.86. The molecule has 0 aliphatic heterocycles. The molecule has 6 heteroatoms. The van der Waals surface area contributed by atoms with E-state index in [1.165, 1.54) is 6.26 Å². The maximum atomic E-state index is 12.8. The standard InChI is InChI=1S/C17H29N3O3/c1-5-7-8-14(6-2)17(22)20(11-13(3)4)12-16(21)18-15-9-10-23-19-15/h9-10,13-14H,5-8,11-12H2,1-4H3,(H,18,19,21). The molecule has 0 radical (unpaired) electrons. The van der Waals surface area contributed by atoms with Crippen LogP contribution in [0, 0.1) is 11.8 Å². The molecule has 1 rings (SSSR count). The zero-order chi connectivity index (χ0) is 17.2. The summed E-state index contributed by atoms with van der Waals surface area (Å²) in [7, 11) is 0. The maximum absolute atomic E-state index is 12.8. The van der Waals surface area contributed by atoms with Crippen LogP contribution in [0.15, 0.2) is 16.9 Å². The Kier molecular flexibility index (Phi) is 8.37. The minimum atomic E-state index is -0.252. The minimum Gasteiger partial charge on any atom is -0.363 e. The van der Waals surface area contributed by atoms with Gasteiger partial charge in [-0.1, -0.05) is 45.7 Å². The first-order chi connectivity index (χ1) is 11.0. The first-order valence-corrected chi connectivity index (χ1v) is 8.46. The second-order valence-corrected chi connectivity index (χ2v) is 6.29. The van der Waals surface area contributed by atoms with E-state index >= 15 is 0 Å². The Morgan fingerprint density at radius 3 is 2.61 bits per heavy atom. The quantitative estimate of drug-likeness (QED) is 0.716. The first kappa shape index (κ1) is 19.2. The molecule has 0 aliphatic carbocycles. The van der Waals surface area contributed by atoms with Crippen LogP contribution in [0.25, 0.3) is 0 Å². The summed E-state index contributed by atoms with van der Waals surface area (Å²) in [5.41, 5.74) is 0. The summed E-state index contributed by atoms with van der Waals surface area (Å²) < 4.78 is 4.69.